The van der Waals surface area contributed by atoms with E-state index < -0.39 is 9.04 Å². The number of halogens is 2. The molecule has 0 fully saturated rings. The topological polar surface area (TPSA) is 9.23 Å². The van der Waals surface area contributed by atoms with E-state index in [-0.39, 0.29) is 5.41 Å². The second kappa shape index (κ2) is 5.89. The van der Waals surface area contributed by atoms with E-state index >= 15 is 0 Å². The Kier molecular flexibility index (Phi) is 5.29. The van der Waals surface area contributed by atoms with Crippen molar-refractivity contribution in [1.29, 1.82) is 0 Å². The van der Waals surface area contributed by atoms with Gasteiger partial charge in [0.05, 0.1) is 0 Å². The SMILES string of the molecule is C[Si](C)Oc1c(C(C)(C)C)ccc(Br)c1CBr. The Hall–Kier alpha value is 0.197. The Morgan fingerprint density at radius 1 is 1.24 bits per heavy atom. The lowest BCUT2D eigenvalue weighted by molar-refractivity contribution is 0.516. The summed E-state index contributed by atoms with van der Waals surface area (Å²) >= 11 is 7.15. The Labute approximate surface area is 123 Å². The quantitative estimate of drug-likeness (QED) is 0.514. The summed E-state index contributed by atoms with van der Waals surface area (Å²) in [5.74, 6) is 1.06. The van der Waals surface area contributed by atoms with E-state index in [9.17, 15) is 0 Å². The fraction of sp³-hybridized carbons (Fsp3) is 0.538. The van der Waals surface area contributed by atoms with Crippen LogP contribution in [0.1, 0.15) is 31.9 Å². The molecule has 1 radical (unpaired) electrons. The van der Waals surface area contributed by atoms with Gasteiger partial charge in [0.15, 0.2) is 0 Å². The van der Waals surface area contributed by atoms with E-state index in [1.807, 2.05) is 0 Å². The van der Waals surface area contributed by atoms with Gasteiger partial charge in [-0.25, -0.2) is 0 Å². The fourth-order valence-corrected chi connectivity index (χ4v) is 3.67. The third-order valence-electron chi connectivity index (χ3n) is 2.45. The molecule has 0 saturated carbocycles. The van der Waals surface area contributed by atoms with Gasteiger partial charge in [0.2, 0.25) is 0 Å². The van der Waals surface area contributed by atoms with Crippen LogP contribution in [0.5, 0.6) is 5.75 Å². The minimum Gasteiger partial charge on any atom is -0.542 e. The molecule has 0 heterocycles. The van der Waals surface area contributed by atoms with Crippen molar-refractivity contribution in [1.82, 2.24) is 0 Å². The third-order valence-corrected chi connectivity index (χ3v) is 4.37. The van der Waals surface area contributed by atoms with Gasteiger partial charge in [-0.15, -0.1) is 0 Å². The molecule has 0 aliphatic rings. The first-order chi connectivity index (χ1) is 7.77. The highest BCUT2D eigenvalue weighted by Crippen LogP contribution is 2.39. The zero-order valence-electron chi connectivity index (χ0n) is 11.0. The summed E-state index contributed by atoms with van der Waals surface area (Å²) in [6.45, 7) is 11.0. The number of hydrogen-bond donors (Lipinski definition) is 0. The normalized spacial score (nSPS) is 12.0. The molecule has 1 nitrogen and oxygen atoms in total. The molecule has 4 heteroatoms. The van der Waals surface area contributed by atoms with E-state index in [0.717, 1.165) is 15.6 Å². The average molecular weight is 379 g/mol. The summed E-state index contributed by atoms with van der Waals surface area (Å²) in [6, 6.07) is 4.28. The predicted octanol–water partition coefficient (Wildman–Crippen LogP) is 5.27. The molecule has 0 aromatic heterocycles. The van der Waals surface area contributed by atoms with Crippen LogP contribution in [0, 0.1) is 0 Å². The molecule has 0 spiro atoms. The van der Waals surface area contributed by atoms with Gasteiger partial charge in [-0.3, -0.25) is 0 Å². The summed E-state index contributed by atoms with van der Waals surface area (Å²) in [4.78, 5) is 0. The Morgan fingerprint density at radius 3 is 2.24 bits per heavy atom. The minimum atomic E-state index is -0.759. The van der Waals surface area contributed by atoms with Gasteiger partial charge in [0.25, 0.3) is 9.04 Å². The zero-order chi connectivity index (χ0) is 13.2. The molecule has 0 aliphatic carbocycles. The van der Waals surface area contributed by atoms with Crippen LogP contribution in [0.4, 0.5) is 0 Å². The van der Waals surface area contributed by atoms with Crippen molar-refractivity contribution >= 4 is 40.9 Å². The van der Waals surface area contributed by atoms with Crippen molar-refractivity contribution in [2.24, 2.45) is 0 Å². The Balaban J connectivity index is 3.40. The predicted molar refractivity (Wildman–Crippen MR) is 83.6 cm³/mol. The molecule has 0 aliphatic heterocycles. The lowest BCUT2D eigenvalue weighted by atomic mass is 9.85. The molecular formula is C13H19Br2OSi. The summed E-state index contributed by atoms with van der Waals surface area (Å²) in [5, 5.41) is 0.808. The maximum Gasteiger partial charge on any atom is 0.274 e. The van der Waals surface area contributed by atoms with Crippen molar-refractivity contribution in [2.75, 3.05) is 0 Å². The van der Waals surface area contributed by atoms with Gasteiger partial charge < -0.3 is 4.43 Å². The molecule has 0 saturated heterocycles. The first-order valence-corrected chi connectivity index (χ1v) is 9.95. The lowest BCUT2D eigenvalue weighted by Crippen LogP contribution is -2.19. The third kappa shape index (κ3) is 3.83. The van der Waals surface area contributed by atoms with Crippen LogP contribution in [0.3, 0.4) is 0 Å². The highest BCUT2D eigenvalue weighted by molar-refractivity contribution is 9.10. The van der Waals surface area contributed by atoms with Crippen LogP contribution >= 0.6 is 31.9 Å². The van der Waals surface area contributed by atoms with Crippen LogP contribution in [0.15, 0.2) is 16.6 Å². The Morgan fingerprint density at radius 2 is 1.82 bits per heavy atom. The molecule has 1 aromatic carbocycles. The maximum atomic E-state index is 6.12. The van der Waals surface area contributed by atoms with Crippen molar-refractivity contribution in [3.8, 4) is 5.75 Å². The van der Waals surface area contributed by atoms with Crippen LogP contribution in [-0.4, -0.2) is 9.04 Å². The molecule has 0 amide bonds. The highest BCUT2D eigenvalue weighted by Gasteiger charge is 2.23. The highest BCUT2D eigenvalue weighted by atomic mass is 79.9. The van der Waals surface area contributed by atoms with Crippen molar-refractivity contribution < 1.29 is 4.43 Å². The monoisotopic (exact) mass is 377 g/mol. The maximum absolute atomic E-state index is 6.12. The number of rotatable bonds is 3. The van der Waals surface area contributed by atoms with E-state index in [4.69, 9.17) is 4.43 Å². The smallest absolute Gasteiger partial charge is 0.274 e. The molecule has 0 N–H and O–H groups in total. The second-order valence-electron chi connectivity index (χ2n) is 5.30. The summed E-state index contributed by atoms with van der Waals surface area (Å²) in [6.07, 6.45) is 0. The first kappa shape index (κ1) is 15.3. The first-order valence-electron chi connectivity index (χ1n) is 5.63. The number of hydrogen-bond acceptors (Lipinski definition) is 1. The van der Waals surface area contributed by atoms with Crippen LogP contribution in [0.2, 0.25) is 13.1 Å². The molecule has 1 aromatic rings. The van der Waals surface area contributed by atoms with E-state index in [1.165, 1.54) is 11.1 Å². The molecule has 0 unspecified atom stereocenters. The van der Waals surface area contributed by atoms with Gasteiger partial charge in [0, 0.05) is 15.4 Å². The molecule has 0 atom stereocenters. The van der Waals surface area contributed by atoms with Crippen molar-refractivity contribution in [3.63, 3.8) is 0 Å². The lowest BCUT2D eigenvalue weighted by Gasteiger charge is -2.26. The Bertz CT molecular complexity index is 397. The van der Waals surface area contributed by atoms with E-state index in [2.05, 4.69) is 77.9 Å². The molecular weight excluding hydrogens is 360 g/mol. The van der Waals surface area contributed by atoms with Crippen LogP contribution in [0.25, 0.3) is 0 Å². The molecule has 0 bridgehead atoms. The minimum absolute atomic E-state index is 0.101. The van der Waals surface area contributed by atoms with Crippen LogP contribution < -0.4 is 4.43 Å². The fourth-order valence-electron chi connectivity index (χ4n) is 1.64. The molecule has 17 heavy (non-hydrogen) atoms. The van der Waals surface area contributed by atoms with Crippen molar-refractivity contribution in [2.45, 2.75) is 44.6 Å². The van der Waals surface area contributed by atoms with Crippen LogP contribution in [-0.2, 0) is 10.7 Å². The van der Waals surface area contributed by atoms with Gasteiger partial charge in [-0.2, -0.15) is 0 Å². The number of benzene rings is 1. The zero-order valence-corrected chi connectivity index (χ0v) is 15.2. The van der Waals surface area contributed by atoms with E-state index in [0.29, 0.717) is 0 Å². The molecule has 95 valence electrons. The summed E-state index contributed by atoms with van der Waals surface area (Å²) in [5.41, 5.74) is 2.59. The van der Waals surface area contributed by atoms with Gasteiger partial charge in [-0.1, -0.05) is 58.7 Å². The second-order valence-corrected chi connectivity index (χ2v) is 8.73. The van der Waals surface area contributed by atoms with Gasteiger partial charge in [0.1, 0.15) is 5.75 Å². The largest absolute Gasteiger partial charge is 0.542 e. The molecule has 1 rings (SSSR count). The summed E-state index contributed by atoms with van der Waals surface area (Å²) in [7, 11) is -0.759. The van der Waals surface area contributed by atoms with Gasteiger partial charge >= 0.3 is 0 Å². The van der Waals surface area contributed by atoms with Gasteiger partial charge in [-0.05, 0) is 30.1 Å². The van der Waals surface area contributed by atoms with E-state index in [1.54, 1.807) is 0 Å². The summed E-state index contributed by atoms with van der Waals surface area (Å²) < 4.78 is 7.23. The van der Waals surface area contributed by atoms with Crippen molar-refractivity contribution in [3.05, 3.63) is 27.7 Å². The standard InChI is InChI=1S/C13H19Br2OSi/c1-13(2,3)10-6-7-11(15)9(8-14)12(10)16-17(4)5/h6-7H,8H2,1-5H3. The average Bonchev–Trinajstić information content (AvgIpc) is 2.15. The number of alkyl halides is 1.